The number of benzene rings is 1. The van der Waals surface area contributed by atoms with E-state index in [4.69, 9.17) is 18.0 Å². The molecule has 5 heteroatoms. The van der Waals surface area contributed by atoms with Crippen molar-refractivity contribution in [2.75, 3.05) is 18.0 Å². The molecule has 0 spiro atoms. The van der Waals surface area contributed by atoms with Crippen LogP contribution < -0.4 is 10.6 Å². The Bertz CT molecular complexity index is 457. The number of hydrogen-bond donors (Lipinski definition) is 1. The molecule has 2 N–H and O–H groups in total. The molecule has 1 aliphatic heterocycles. The minimum Gasteiger partial charge on any atom is -0.389 e. The summed E-state index contributed by atoms with van der Waals surface area (Å²) in [4.78, 5) is 1.76. The highest BCUT2D eigenvalue weighted by Gasteiger charge is 2.29. The third kappa shape index (κ3) is 2.32. The Labute approximate surface area is 111 Å². The zero-order chi connectivity index (χ0) is 13.4. The minimum absolute atomic E-state index is 0.00232. The lowest BCUT2D eigenvalue weighted by atomic mass is 10.0. The summed E-state index contributed by atoms with van der Waals surface area (Å²) < 4.78 is 28.0. The summed E-state index contributed by atoms with van der Waals surface area (Å²) in [5, 5.41) is 0. The first-order valence-electron chi connectivity index (χ1n) is 5.94. The molecule has 1 fully saturated rings. The van der Waals surface area contributed by atoms with Crippen molar-refractivity contribution in [3.05, 3.63) is 29.3 Å². The molecule has 2 unspecified atom stereocenters. The van der Waals surface area contributed by atoms with Gasteiger partial charge in [-0.2, -0.15) is 0 Å². The van der Waals surface area contributed by atoms with Gasteiger partial charge in [-0.15, -0.1) is 0 Å². The monoisotopic (exact) mass is 270 g/mol. The van der Waals surface area contributed by atoms with Crippen LogP contribution in [0.15, 0.2) is 12.1 Å². The molecule has 1 saturated heterocycles. The predicted molar refractivity (Wildman–Crippen MR) is 72.8 cm³/mol. The molecule has 2 nitrogen and oxygen atoms in total. The molecular weight excluding hydrogens is 254 g/mol. The van der Waals surface area contributed by atoms with Gasteiger partial charge in [0.15, 0.2) is 0 Å². The molecule has 0 aromatic heterocycles. The Kier molecular flexibility index (Phi) is 3.52. The summed E-state index contributed by atoms with van der Waals surface area (Å²) >= 11 is 4.73. The summed E-state index contributed by atoms with van der Waals surface area (Å²) in [7, 11) is 0. The maximum atomic E-state index is 14.0. The van der Waals surface area contributed by atoms with E-state index in [1.165, 1.54) is 12.1 Å². The zero-order valence-corrected chi connectivity index (χ0v) is 11.2. The number of nitrogens with zero attached hydrogens (tertiary/aromatic N) is 1. The molecule has 1 aromatic carbocycles. The Balaban J connectivity index is 2.38. The molecule has 0 bridgehead atoms. The van der Waals surface area contributed by atoms with Gasteiger partial charge in [0.05, 0.1) is 0 Å². The molecular formula is C13H16F2N2S. The third-order valence-corrected chi connectivity index (χ3v) is 3.84. The summed E-state index contributed by atoms with van der Waals surface area (Å²) in [5.74, 6) is -0.337. The lowest BCUT2D eigenvalue weighted by Crippen LogP contribution is -2.23. The Morgan fingerprint density at radius 1 is 1.22 bits per heavy atom. The maximum Gasteiger partial charge on any atom is 0.150 e. The molecule has 18 heavy (non-hydrogen) atoms. The van der Waals surface area contributed by atoms with Crippen molar-refractivity contribution in [2.24, 2.45) is 17.6 Å². The van der Waals surface area contributed by atoms with Gasteiger partial charge < -0.3 is 10.6 Å². The van der Waals surface area contributed by atoms with E-state index in [9.17, 15) is 8.78 Å². The fourth-order valence-electron chi connectivity index (χ4n) is 2.32. The van der Waals surface area contributed by atoms with Gasteiger partial charge in [0, 0.05) is 18.7 Å². The third-order valence-electron chi connectivity index (χ3n) is 3.61. The van der Waals surface area contributed by atoms with E-state index < -0.39 is 11.6 Å². The van der Waals surface area contributed by atoms with E-state index in [0.717, 1.165) is 0 Å². The first kappa shape index (κ1) is 13.2. The van der Waals surface area contributed by atoms with E-state index in [1.807, 2.05) is 0 Å². The SMILES string of the molecule is CC1CN(c2c(F)cc(C(N)=S)cc2F)CC1C. The largest absolute Gasteiger partial charge is 0.389 e. The average molecular weight is 270 g/mol. The Hall–Kier alpha value is -1.23. The van der Waals surface area contributed by atoms with Crippen LogP contribution in [0, 0.1) is 23.5 Å². The van der Waals surface area contributed by atoms with Gasteiger partial charge in [-0.3, -0.25) is 0 Å². The average Bonchev–Trinajstić information content (AvgIpc) is 2.57. The molecule has 0 aliphatic carbocycles. The summed E-state index contributed by atoms with van der Waals surface area (Å²) in [6.45, 7) is 5.51. The summed E-state index contributed by atoms with van der Waals surface area (Å²) in [5.41, 5.74) is 5.64. The lowest BCUT2D eigenvalue weighted by molar-refractivity contribution is 0.494. The van der Waals surface area contributed by atoms with Crippen molar-refractivity contribution >= 4 is 22.9 Å². The molecule has 98 valence electrons. The van der Waals surface area contributed by atoms with E-state index >= 15 is 0 Å². The number of thiocarbonyl (C=S) groups is 1. The topological polar surface area (TPSA) is 29.3 Å². The normalized spacial score (nSPS) is 23.4. The van der Waals surface area contributed by atoms with Gasteiger partial charge in [-0.1, -0.05) is 26.1 Å². The van der Waals surface area contributed by atoms with Crippen molar-refractivity contribution in [2.45, 2.75) is 13.8 Å². The van der Waals surface area contributed by atoms with Crippen molar-refractivity contribution < 1.29 is 8.78 Å². The van der Waals surface area contributed by atoms with Crippen LogP contribution in [0.1, 0.15) is 19.4 Å². The summed E-state index contributed by atoms with van der Waals surface area (Å²) in [6.07, 6.45) is 0. The minimum atomic E-state index is -0.598. The molecule has 2 atom stereocenters. The number of anilines is 1. The molecule has 0 saturated carbocycles. The van der Waals surface area contributed by atoms with Gasteiger partial charge in [0.2, 0.25) is 0 Å². The van der Waals surface area contributed by atoms with E-state index in [2.05, 4.69) is 13.8 Å². The second-order valence-corrected chi connectivity index (χ2v) is 5.45. The van der Waals surface area contributed by atoms with Gasteiger partial charge in [-0.25, -0.2) is 8.78 Å². The second-order valence-electron chi connectivity index (χ2n) is 5.01. The molecule has 1 aliphatic rings. The first-order chi connectivity index (χ1) is 8.40. The van der Waals surface area contributed by atoms with Gasteiger partial charge in [-0.05, 0) is 24.0 Å². The lowest BCUT2D eigenvalue weighted by Gasteiger charge is -2.20. The zero-order valence-electron chi connectivity index (χ0n) is 10.4. The molecule has 1 aromatic rings. The number of nitrogens with two attached hydrogens (primary N) is 1. The number of hydrogen-bond acceptors (Lipinski definition) is 2. The molecule has 1 heterocycles. The van der Waals surface area contributed by atoms with E-state index in [-0.39, 0.29) is 16.2 Å². The smallest absolute Gasteiger partial charge is 0.150 e. The van der Waals surface area contributed by atoms with Crippen LogP contribution in [0.3, 0.4) is 0 Å². The molecule has 0 amide bonds. The van der Waals surface area contributed by atoms with Crippen LogP contribution in [-0.2, 0) is 0 Å². The summed E-state index contributed by atoms with van der Waals surface area (Å²) in [6, 6.07) is 2.41. The van der Waals surface area contributed by atoms with Gasteiger partial charge in [0.1, 0.15) is 22.3 Å². The highest BCUT2D eigenvalue weighted by atomic mass is 32.1. The highest BCUT2D eigenvalue weighted by molar-refractivity contribution is 7.80. The van der Waals surface area contributed by atoms with Crippen LogP contribution in [0.25, 0.3) is 0 Å². The fraction of sp³-hybridized carbons (Fsp3) is 0.462. The Morgan fingerprint density at radius 2 is 1.67 bits per heavy atom. The van der Waals surface area contributed by atoms with E-state index in [1.54, 1.807) is 4.90 Å². The highest BCUT2D eigenvalue weighted by Crippen LogP contribution is 2.32. The van der Waals surface area contributed by atoms with Gasteiger partial charge >= 0.3 is 0 Å². The first-order valence-corrected chi connectivity index (χ1v) is 6.34. The van der Waals surface area contributed by atoms with E-state index in [0.29, 0.717) is 24.9 Å². The second kappa shape index (κ2) is 4.80. The number of rotatable bonds is 2. The standard InChI is InChI=1S/C13H16F2N2S/c1-7-5-17(6-8(7)2)12-10(14)3-9(13(16)18)4-11(12)15/h3-4,7-8H,5-6H2,1-2H3,(H2,16,18). The maximum absolute atomic E-state index is 14.0. The van der Waals surface area contributed by atoms with Crippen molar-refractivity contribution in [1.82, 2.24) is 0 Å². The Morgan fingerprint density at radius 3 is 2.06 bits per heavy atom. The van der Waals surface area contributed by atoms with Crippen molar-refractivity contribution in [3.63, 3.8) is 0 Å². The molecule has 2 rings (SSSR count). The van der Waals surface area contributed by atoms with Crippen LogP contribution in [0.2, 0.25) is 0 Å². The molecule has 0 radical (unpaired) electrons. The number of halogens is 2. The predicted octanol–water partition coefficient (Wildman–Crippen LogP) is 2.69. The van der Waals surface area contributed by atoms with Crippen LogP contribution in [0.5, 0.6) is 0 Å². The van der Waals surface area contributed by atoms with Crippen molar-refractivity contribution in [1.29, 1.82) is 0 Å². The van der Waals surface area contributed by atoms with Crippen molar-refractivity contribution in [3.8, 4) is 0 Å². The van der Waals surface area contributed by atoms with Crippen LogP contribution in [0.4, 0.5) is 14.5 Å². The van der Waals surface area contributed by atoms with Crippen LogP contribution in [-0.4, -0.2) is 18.1 Å². The quantitative estimate of drug-likeness (QED) is 0.838. The fourth-order valence-corrected chi connectivity index (χ4v) is 2.44. The van der Waals surface area contributed by atoms with Crippen LogP contribution >= 0.6 is 12.2 Å². The van der Waals surface area contributed by atoms with Gasteiger partial charge in [0.25, 0.3) is 0 Å².